The summed E-state index contributed by atoms with van der Waals surface area (Å²) >= 11 is 0. The van der Waals surface area contributed by atoms with E-state index in [1.165, 1.54) is 7.11 Å². The van der Waals surface area contributed by atoms with Crippen LogP contribution in [-0.2, 0) is 4.74 Å². The van der Waals surface area contributed by atoms with Gasteiger partial charge in [0.2, 0.25) is 0 Å². The van der Waals surface area contributed by atoms with Crippen molar-refractivity contribution in [3.63, 3.8) is 0 Å². The van der Waals surface area contributed by atoms with E-state index in [1.54, 1.807) is 0 Å². The van der Waals surface area contributed by atoms with Crippen LogP contribution in [0.1, 0.15) is 16.1 Å². The van der Waals surface area contributed by atoms with Crippen molar-refractivity contribution >= 4 is 11.7 Å². The number of methoxy groups -OCH3 is 1. The van der Waals surface area contributed by atoms with Gasteiger partial charge in [-0.1, -0.05) is 0 Å². The lowest BCUT2D eigenvalue weighted by Crippen LogP contribution is -2.04. The number of ether oxygens (including phenoxy) is 1. The van der Waals surface area contributed by atoms with Gasteiger partial charge in [-0.15, -0.1) is 6.42 Å². The maximum absolute atomic E-state index is 11.1. The average Bonchev–Trinajstić information content (AvgIpc) is 2.27. The number of nitrogens with zero attached hydrogens (tertiary/aromatic N) is 2. The molecule has 0 spiro atoms. The summed E-state index contributed by atoms with van der Waals surface area (Å²) in [6, 6.07) is 1.04. The van der Waals surface area contributed by atoms with E-state index in [4.69, 9.17) is 6.42 Å². The van der Waals surface area contributed by atoms with E-state index in [0.29, 0.717) is 0 Å². The standard InChI is InChI=1S/C9H6N2O4/c1-3-7-8(11(13)14)4-6(5-10-7)9(12)15-2/h1,4-5H,2H3. The van der Waals surface area contributed by atoms with Gasteiger partial charge in [0.05, 0.1) is 17.6 Å². The highest BCUT2D eigenvalue weighted by Crippen LogP contribution is 2.17. The third-order valence-electron chi connectivity index (χ3n) is 1.62. The van der Waals surface area contributed by atoms with Crippen molar-refractivity contribution in [1.29, 1.82) is 0 Å². The van der Waals surface area contributed by atoms with Crippen LogP contribution in [-0.4, -0.2) is 23.0 Å². The van der Waals surface area contributed by atoms with Crippen LogP contribution < -0.4 is 0 Å². The summed E-state index contributed by atoms with van der Waals surface area (Å²) < 4.78 is 4.39. The van der Waals surface area contributed by atoms with Gasteiger partial charge in [-0.3, -0.25) is 10.1 Å². The van der Waals surface area contributed by atoms with Gasteiger partial charge in [0.25, 0.3) is 0 Å². The SMILES string of the molecule is C#Cc1ncc(C(=O)OC)cc1[N+](=O)[O-]. The molecule has 1 aromatic heterocycles. The molecule has 0 saturated carbocycles. The highest BCUT2D eigenvalue weighted by atomic mass is 16.6. The van der Waals surface area contributed by atoms with Gasteiger partial charge >= 0.3 is 11.7 Å². The quantitative estimate of drug-likeness (QED) is 0.308. The van der Waals surface area contributed by atoms with Gasteiger partial charge in [-0.05, 0) is 5.92 Å². The number of aromatic nitrogens is 1. The molecule has 0 amide bonds. The predicted molar refractivity (Wildman–Crippen MR) is 50.2 cm³/mol. The molecule has 0 radical (unpaired) electrons. The average molecular weight is 206 g/mol. The first kappa shape index (κ1) is 10.7. The smallest absolute Gasteiger partial charge is 0.339 e. The third-order valence-corrected chi connectivity index (χ3v) is 1.62. The summed E-state index contributed by atoms with van der Waals surface area (Å²) in [5.74, 6) is 1.36. The van der Waals surface area contributed by atoms with E-state index >= 15 is 0 Å². The normalized spacial score (nSPS) is 9.07. The van der Waals surface area contributed by atoms with Crippen LogP contribution in [0.25, 0.3) is 0 Å². The molecule has 15 heavy (non-hydrogen) atoms. The van der Waals surface area contributed by atoms with Crippen molar-refractivity contribution in [2.75, 3.05) is 7.11 Å². The van der Waals surface area contributed by atoms with Crippen LogP contribution in [0.15, 0.2) is 12.3 Å². The van der Waals surface area contributed by atoms with Gasteiger partial charge in [0.15, 0.2) is 5.69 Å². The van der Waals surface area contributed by atoms with Crippen LogP contribution in [0.5, 0.6) is 0 Å². The summed E-state index contributed by atoms with van der Waals surface area (Å²) in [5, 5.41) is 10.6. The second-order valence-electron chi connectivity index (χ2n) is 2.48. The molecule has 0 aliphatic heterocycles. The first-order valence-corrected chi connectivity index (χ1v) is 3.79. The number of pyridine rings is 1. The minimum absolute atomic E-state index is 0.0109. The number of hydrogen-bond donors (Lipinski definition) is 0. The Hall–Kier alpha value is -2.42. The van der Waals surface area contributed by atoms with Crippen molar-refractivity contribution in [2.45, 2.75) is 0 Å². The number of hydrogen-bond acceptors (Lipinski definition) is 5. The van der Waals surface area contributed by atoms with E-state index in [2.05, 4.69) is 15.6 Å². The minimum Gasteiger partial charge on any atom is -0.465 e. The lowest BCUT2D eigenvalue weighted by molar-refractivity contribution is -0.385. The summed E-state index contributed by atoms with van der Waals surface area (Å²) in [7, 11) is 1.17. The molecule has 0 aromatic carbocycles. The van der Waals surface area contributed by atoms with E-state index in [0.717, 1.165) is 12.3 Å². The molecule has 0 aliphatic rings. The summed E-state index contributed by atoms with van der Waals surface area (Å²) in [4.78, 5) is 24.5. The van der Waals surface area contributed by atoms with Crippen LogP contribution in [0, 0.1) is 22.5 Å². The Morgan fingerprint density at radius 1 is 1.73 bits per heavy atom. The molecule has 1 aromatic rings. The number of carbonyl (C=O) groups excluding carboxylic acids is 1. The first-order chi connectivity index (χ1) is 7.10. The number of nitro groups is 1. The Morgan fingerprint density at radius 2 is 2.40 bits per heavy atom. The van der Waals surface area contributed by atoms with Crippen molar-refractivity contribution < 1.29 is 14.5 Å². The Kier molecular flexibility index (Phi) is 2.98. The van der Waals surface area contributed by atoms with E-state index in [1.807, 2.05) is 0 Å². The molecule has 6 nitrogen and oxygen atoms in total. The lowest BCUT2D eigenvalue weighted by Gasteiger charge is -1.99. The molecule has 0 fully saturated rings. The van der Waals surface area contributed by atoms with Crippen LogP contribution in [0.3, 0.4) is 0 Å². The summed E-state index contributed by atoms with van der Waals surface area (Å²) in [6.45, 7) is 0. The zero-order valence-electron chi connectivity index (χ0n) is 7.76. The minimum atomic E-state index is -0.700. The van der Waals surface area contributed by atoms with E-state index < -0.39 is 10.9 Å². The molecule has 6 heteroatoms. The molecule has 0 unspecified atom stereocenters. The molecule has 1 rings (SSSR count). The molecular weight excluding hydrogens is 200 g/mol. The number of rotatable bonds is 2. The zero-order valence-corrected chi connectivity index (χ0v) is 7.76. The highest BCUT2D eigenvalue weighted by molar-refractivity contribution is 5.89. The largest absolute Gasteiger partial charge is 0.465 e. The second-order valence-corrected chi connectivity index (χ2v) is 2.48. The number of terminal acetylenes is 1. The van der Waals surface area contributed by atoms with Crippen LogP contribution in [0.4, 0.5) is 5.69 Å². The van der Waals surface area contributed by atoms with Gasteiger partial charge < -0.3 is 4.74 Å². The molecule has 0 bridgehead atoms. The van der Waals surface area contributed by atoms with Gasteiger partial charge in [-0.2, -0.15) is 0 Å². The molecule has 1 heterocycles. The van der Waals surface area contributed by atoms with Gasteiger partial charge in [-0.25, -0.2) is 9.78 Å². The number of esters is 1. The van der Waals surface area contributed by atoms with Crippen molar-refractivity contribution in [2.24, 2.45) is 0 Å². The topological polar surface area (TPSA) is 82.3 Å². The molecule has 0 saturated heterocycles. The van der Waals surface area contributed by atoms with Crippen LogP contribution >= 0.6 is 0 Å². The Labute approximate surface area is 85.0 Å². The van der Waals surface area contributed by atoms with Crippen molar-refractivity contribution in [3.05, 3.63) is 33.6 Å². The fraction of sp³-hybridized carbons (Fsp3) is 0.111. The molecule has 0 atom stereocenters. The Morgan fingerprint density at radius 3 is 2.87 bits per heavy atom. The molecular formula is C9H6N2O4. The Balaban J connectivity index is 3.29. The van der Waals surface area contributed by atoms with Gasteiger partial charge in [0.1, 0.15) is 0 Å². The summed E-state index contributed by atoms with van der Waals surface area (Å²) in [6.07, 6.45) is 6.15. The first-order valence-electron chi connectivity index (χ1n) is 3.79. The monoisotopic (exact) mass is 206 g/mol. The lowest BCUT2D eigenvalue weighted by atomic mass is 10.2. The van der Waals surface area contributed by atoms with Crippen LogP contribution in [0.2, 0.25) is 0 Å². The molecule has 76 valence electrons. The second kappa shape index (κ2) is 4.19. The Bertz CT molecular complexity index is 462. The zero-order chi connectivity index (χ0) is 11.4. The summed E-state index contributed by atoms with van der Waals surface area (Å²) in [5.41, 5.74) is -0.517. The van der Waals surface area contributed by atoms with Crippen molar-refractivity contribution in [3.8, 4) is 12.3 Å². The fourth-order valence-electron chi connectivity index (χ4n) is 0.933. The van der Waals surface area contributed by atoms with Gasteiger partial charge in [0, 0.05) is 12.3 Å². The maximum Gasteiger partial charge on any atom is 0.339 e. The van der Waals surface area contributed by atoms with E-state index in [9.17, 15) is 14.9 Å². The maximum atomic E-state index is 11.1. The number of carbonyl (C=O) groups is 1. The predicted octanol–water partition coefficient (Wildman–Crippen LogP) is 0.758. The third kappa shape index (κ3) is 2.08. The fourth-order valence-corrected chi connectivity index (χ4v) is 0.933. The molecule has 0 N–H and O–H groups in total. The highest BCUT2D eigenvalue weighted by Gasteiger charge is 2.17. The van der Waals surface area contributed by atoms with E-state index in [-0.39, 0.29) is 16.9 Å². The van der Waals surface area contributed by atoms with Crippen molar-refractivity contribution in [1.82, 2.24) is 4.98 Å². The molecule has 0 aliphatic carbocycles.